The van der Waals surface area contributed by atoms with Gasteiger partial charge in [-0.2, -0.15) is 0 Å². The molecule has 0 aromatic heterocycles. The molecule has 16 heteroatoms. The Morgan fingerprint density at radius 1 is 0.845 bits per heavy atom. The second-order valence-electron chi connectivity index (χ2n) is 16.5. The normalized spacial score (nSPS) is 37.5. The van der Waals surface area contributed by atoms with Crippen molar-refractivity contribution in [3.63, 3.8) is 0 Å². The number of aromatic hydroxyl groups is 2. The first-order valence-electron chi connectivity index (χ1n) is 20.0. The summed E-state index contributed by atoms with van der Waals surface area (Å²) in [6.07, 6.45) is -6.52. The maximum Gasteiger partial charge on any atom is 0.316 e. The standard InChI is InChI=1S/C42H55NO15/c1-8-42(51)17-28(33-22(35(42)41(50)52-7)14-23-34(38(33)49)37(48)32-21(36(23)47)10-9-11-26(32)45)56-30-15-24(43(5)6)39(19(3)54-30)58-31-16-27(46)40(20(4)55-31)57-29-13-12-25(44)18(2)53-29/h9-11,14,18-20,24-25,27-31,35,39-40,44-46,49,51H,8,12-13,15-17H2,1-7H3/t18-,19-,20-,24-,25-,27-,28-,29-,30-,31-,35-,39+,40+,42+/m0/s1. The fraction of sp³-hybridized carbons (Fsp3) is 0.643. The number of nitrogens with zero attached hydrogens (tertiary/aromatic N) is 1. The number of methoxy groups -OCH3 is 1. The van der Waals surface area contributed by atoms with Crippen molar-refractivity contribution in [2.75, 3.05) is 21.2 Å². The molecule has 0 radical (unpaired) electrons. The summed E-state index contributed by atoms with van der Waals surface area (Å²) < 4.78 is 42.8. The van der Waals surface area contributed by atoms with Gasteiger partial charge in [-0.1, -0.05) is 19.1 Å². The van der Waals surface area contributed by atoms with Gasteiger partial charge in [0.15, 0.2) is 24.7 Å². The van der Waals surface area contributed by atoms with E-state index in [0.717, 1.165) is 0 Å². The largest absolute Gasteiger partial charge is 0.507 e. The number of ether oxygens (including phenoxy) is 7. The number of aliphatic hydroxyl groups is 3. The van der Waals surface area contributed by atoms with E-state index in [1.807, 2.05) is 25.9 Å². The van der Waals surface area contributed by atoms with Gasteiger partial charge >= 0.3 is 5.97 Å². The molecule has 0 saturated carbocycles. The SMILES string of the molecule is CC[C@@]1(O)C[C@H](O[C@H]2C[C@H](N(C)C)[C@H](O[C@H]3C[C@H](O)[C@H](O[C@H]4CC[C@H](O)[C@H](C)O4)[C@H](C)O3)[C@H](C)O2)c2c(cc3c(c2O)C(=O)c2c(O)cccc2C3=O)[C@H]1C(=O)OC. The van der Waals surface area contributed by atoms with Crippen molar-refractivity contribution in [1.82, 2.24) is 4.90 Å². The predicted octanol–water partition coefficient (Wildman–Crippen LogP) is 2.95. The van der Waals surface area contributed by atoms with Crippen molar-refractivity contribution < 1.29 is 73.1 Å². The number of ketones is 2. The van der Waals surface area contributed by atoms with Crippen LogP contribution in [0.25, 0.3) is 0 Å². The third-order valence-electron chi connectivity index (χ3n) is 12.6. The molecule has 0 bridgehead atoms. The molecule has 0 amide bonds. The molecule has 0 spiro atoms. The number of benzene rings is 2. The molecule has 16 nitrogen and oxygen atoms in total. The molecule has 14 atom stereocenters. The quantitative estimate of drug-likeness (QED) is 0.196. The molecular formula is C42H55NO15. The van der Waals surface area contributed by atoms with E-state index < -0.39 is 108 Å². The summed E-state index contributed by atoms with van der Waals surface area (Å²) >= 11 is 0. The monoisotopic (exact) mass is 813 g/mol. The van der Waals surface area contributed by atoms with Crippen LogP contribution in [0, 0.1) is 0 Å². The molecule has 2 aromatic carbocycles. The minimum Gasteiger partial charge on any atom is -0.507 e. The fourth-order valence-electron chi connectivity index (χ4n) is 9.38. The lowest BCUT2D eigenvalue weighted by atomic mass is 9.67. The Labute approximate surface area is 336 Å². The number of aliphatic hydroxyl groups excluding tert-OH is 2. The van der Waals surface area contributed by atoms with E-state index in [1.165, 1.54) is 31.4 Å². The minimum absolute atomic E-state index is 0.0305. The Kier molecular flexibility index (Phi) is 12.1. The number of fused-ring (bicyclic) bond motifs is 3. The van der Waals surface area contributed by atoms with Crippen molar-refractivity contribution >= 4 is 17.5 Å². The van der Waals surface area contributed by atoms with Crippen LogP contribution < -0.4 is 0 Å². The fourth-order valence-corrected chi connectivity index (χ4v) is 9.38. The van der Waals surface area contributed by atoms with Gasteiger partial charge in [0.05, 0.1) is 60.5 Å². The summed E-state index contributed by atoms with van der Waals surface area (Å²) in [6.45, 7) is 7.08. The maximum atomic E-state index is 13.9. The average molecular weight is 814 g/mol. The highest BCUT2D eigenvalue weighted by atomic mass is 16.7. The lowest BCUT2D eigenvalue weighted by Crippen LogP contribution is -2.58. The molecule has 5 aliphatic rings. The van der Waals surface area contributed by atoms with Crippen molar-refractivity contribution in [1.29, 1.82) is 0 Å². The number of esters is 1. The maximum absolute atomic E-state index is 13.9. The van der Waals surface area contributed by atoms with Crippen molar-refractivity contribution in [2.24, 2.45) is 0 Å². The summed E-state index contributed by atoms with van der Waals surface area (Å²) in [7, 11) is 4.93. The van der Waals surface area contributed by atoms with E-state index in [0.29, 0.717) is 12.8 Å². The highest BCUT2D eigenvalue weighted by Gasteiger charge is 2.53. The number of phenolic OH excluding ortho intramolecular Hbond substituents is 2. The van der Waals surface area contributed by atoms with Gasteiger partial charge in [-0.25, -0.2) is 0 Å². The molecule has 318 valence electrons. The number of phenols is 2. The number of carbonyl (C=O) groups excluding carboxylic acids is 3. The van der Waals surface area contributed by atoms with Crippen LogP contribution in [0.1, 0.15) is 121 Å². The van der Waals surface area contributed by atoms with E-state index in [9.17, 15) is 39.9 Å². The van der Waals surface area contributed by atoms with Crippen LogP contribution in [-0.2, 0) is 38.0 Å². The van der Waals surface area contributed by atoms with Crippen molar-refractivity contribution in [3.05, 3.63) is 57.6 Å². The lowest BCUT2D eigenvalue weighted by Gasteiger charge is -2.48. The summed E-state index contributed by atoms with van der Waals surface area (Å²) in [5, 5.41) is 55.9. The number of hydrogen-bond acceptors (Lipinski definition) is 16. The van der Waals surface area contributed by atoms with Crippen molar-refractivity contribution in [3.8, 4) is 11.5 Å². The summed E-state index contributed by atoms with van der Waals surface area (Å²) in [4.78, 5) is 43.1. The van der Waals surface area contributed by atoms with Gasteiger partial charge in [0.25, 0.3) is 0 Å². The van der Waals surface area contributed by atoms with Gasteiger partial charge in [-0.05, 0) is 65.4 Å². The summed E-state index contributed by atoms with van der Waals surface area (Å²) in [5.74, 6) is -4.58. The van der Waals surface area contributed by atoms with Crippen LogP contribution >= 0.6 is 0 Å². The molecule has 58 heavy (non-hydrogen) atoms. The number of carbonyl (C=O) groups is 3. The van der Waals surface area contributed by atoms with Crippen molar-refractivity contribution in [2.45, 2.75) is 151 Å². The number of likely N-dealkylation sites (N-methyl/N-ethyl adjacent to an activating group) is 1. The summed E-state index contributed by atoms with van der Waals surface area (Å²) in [5.41, 5.74) is -2.47. The van der Waals surface area contributed by atoms with Gasteiger partial charge in [0.1, 0.15) is 29.6 Å². The molecule has 0 unspecified atom stereocenters. The van der Waals surface area contributed by atoms with Gasteiger partial charge in [0, 0.05) is 48.4 Å². The average Bonchev–Trinajstić information content (AvgIpc) is 3.17. The van der Waals surface area contributed by atoms with Crippen LogP contribution in [0.2, 0.25) is 0 Å². The van der Waals surface area contributed by atoms with E-state index in [2.05, 4.69) is 0 Å². The van der Waals surface area contributed by atoms with Crippen LogP contribution in [0.15, 0.2) is 24.3 Å². The molecule has 7 rings (SSSR count). The Morgan fingerprint density at radius 3 is 2.14 bits per heavy atom. The highest BCUT2D eigenvalue weighted by Crippen LogP contribution is 2.54. The Bertz CT molecular complexity index is 1890. The Morgan fingerprint density at radius 2 is 1.50 bits per heavy atom. The minimum atomic E-state index is -1.75. The van der Waals surface area contributed by atoms with E-state index in [4.69, 9.17) is 33.2 Å². The second-order valence-corrected chi connectivity index (χ2v) is 16.5. The van der Waals surface area contributed by atoms with Crippen LogP contribution in [0.4, 0.5) is 0 Å². The highest BCUT2D eigenvalue weighted by molar-refractivity contribution is 6.30. The zero-order chi connectivity index (χ0) is 42.0. The number of rotatable bonds is 9. The van der Waals surface area contributed by atoms with E-state index >= 15 is 0 Å². The number of hydrogen-bond donors (Lipinski definition) is 5. The molecule has 3 aliphatic heterocycles. The first-order chi connectivity index (χ1) is 27.5. The third-order valence-corrected chi connectivity index (χ3v) is 12.6. The zero-order valence-electron chi connectivity index (χ0n) is 33.8. The second kappa shape index (κ2) is 16.5. The third kappa shape index (κ3) is 7.57. The topological polar surface area (TPSA) is 220 Å². The molecule has 2 aromatic rings. The van der Waals surface area contributed by atoms with Gasteiger partial charge in [-0.3, -0.25) is 14.4 Å². The Balaban J connectivity index is 1.13. The Hall–Kier alpha value is -3.55. The van der Waals surface area contributed by atoms with Crippen LogP contribution in [-0.4, -0.2) is 142 Å². The molecule has 2 aliphatic carbocycles. The smallest absolute Gasteiger partial charge is 0.316 e. The van der Waals surface area contributed by atoms with Gasteiger partial charge < -0.3 is 63.6 Å². The summed E-state index contributed by atoms with van der Waals surface area (Å²) in [6, 6.07) is 5.12. The molecule has 3 fully saturated rings. The van der Waals surface area contributed by atoms with Crippen LogP contribution in [0.3, 0.4) is 0 Å². The van der Waals surface area contributed by atoms with Gasteiger partial charge in [0.2, 0.25) is 5.78 Å². The van der Waals surface area contributed by atoms with E-state index in [-0.39, 0.29) is 65.1 Å². The zero-order valence-corrected chi connectivity index (χ0v) is 33.8. The predicted molar refractivity (Wildman–Crippen MR) is 202 cm³/mol. The molecular weight excluding hydrogens is 758 g/mol. The van der Waals surface area contributed by atoms with Crippen LogP contribution in [0.5, 0.6) is 11.5 Å². The lowest BCUT2D eigenvalue weighted by molar-refractivity contribution is -0.328. The first kappa shape index (κ1) is 42.6. The van der Waals surface area contributed by atoms with E-state index in [1.54, 1.807) is 20.8 Å². The first-order valence-corrected chi connectivity index (χ1v) is 20.0. The van der Waals surface area contributed by atoms with Gasteiger partial charge in [-0.15, -0.1) is 0 Å². The molecule has 5 N–H and O–H groups in total. The molecule has 3 heterocycles. The molecule has 3 saturated heterocycles.